The van der Waals surface area contributed by atoms with Crippen molar-refractivity contribution in [1.82, 2.24) is 24.8 Å². The summed E-state index contributed by atoms with van der Waals surface area (Å²) in [5.41, 5.74) is 11.0. The molecule has 1 saturated heterocycles. The summed E-state index contributed by atoms with van der Waals surface area (Å²) >= 11 is 0. The van der Waals surface area contributed by atoms with Crippen LogP contribution in [0.3, 0.4) is 0 Å². The van der Waals surface area contributed by atoms with Crippen LogP contribution in [0.1, 0.15) is 16.8 Å². The van der Waals surface area contributed by atoms with E-state index in [-0.39, 0.29) is 12.0 Å². The molecule has 0 bridgehead atoms. The number of rotatable bonds is 3. The zero-order valence-electron chi connectivity index (χ0n) is 19.6. The molecule has 5 rings (SSSR count). The molecule has 1 aromatic carbocycles. The second-order valence-corrected chi connectivity index (χ2v) is 8.89. The molecule has 178 valence electrons. The van der Waals surface area contributed by atoms with E-state index in [1.54, 1.807) is 17.0 Å². The molecule has 0 spiro atoms. The van der Waals surface area contributed by atoms with Gasteiger partial charge in [-0.3, -0.25) is 0 Å². The molecule has 10 nitrogen and oxygen atoms in total. The highest BCUT2D eigenvalue weighted by molar-refractivity contribution is 5.89. The zero-order valence-corrected chi connectivity index (χ0v) is 19.6. The lowest BCUT2D eigenvalue weighted by Crippen LogP contribution is -2.44. The van der Waals surface area contributed by atoms with Gasteiger partial charge in [-0.1, -0.05) is 12.1 Å². The minimum atomic E-state index is -0.198. The van der Waals surface area contributed by atoms with E-state index in [0.717, 1.165) is 55.2 Å². The van der Waals surface area contributed by atoms with Crippen molar-refractivity contribution < 1.29 is 4.79 Å². The van der Waals surface area contributed by atoms with E-state index >= 15 is 0 Å². The van der Waals surface area contributed by atoms with E-state index in [1.165, 1.54) is 11.8 Å². The van der Waals surface area contributed by atoms with Gasteiger partial charge in [0.25, 0.3) is 0 Å². The van der Waals surface area contributed by atoms with E-state index in [0.29, 0.717) is 24.5 Å². The van der Waals surface area contributed by atoms with Crippen LogP contribution >= 0.6 is 0 Å². The maximum Gasteiger partial charge on any atom is 0.322 e. The number of aromatic nitrogens is 3. The molecule has 10 heteroatoms. The first kappa shape index (κ1) is 22.6. The van der Waals surface area contributed by atoms with Crippen molar-refractivity contribution in [2.24, 2.45) is 0 Å². The molecule has 2 aliphatic rings. The van der Waals surface area contributed by atoms with Crippen LogP contribution in [-0.2, 0) is 13.0 Å². The second kappa shape index (κ2) is 9.56. The van der Waals surface area contributed by atoms with Gasteiger partial charge in [0.1, 0.15) is 17.6 Å². The number of nitrogen functional groups attached to an aromatic ring is 1. The third-order valence-corrected chi connectivity index (χ3v) is 6.49. The quantitative estimate of drug-likeness (QED) is 0.598. The predicted molar refractivity (Wildman–Crippen MR) is 134 cm³/mol. The summed E-state index contributed by atoms with van der Waals surface area (Å²) < 4.78 is 0. The van der Waals surface area contributed by atoms with E-state index < -0.39 is 0 Å². The Balaban J connectivity index is 1.33. The number of carbonyl (C=O) groups is 1. The fraction of sp³-hybridized carbons (Fsp3) is 0.320. The van der Waals surface area contributed by atoms with Gasteiger partial charge >= 0.3 is 6.03 Å². The molecule has 3 N–H and O–H groups in total. The summed E-state index contributed by atoms with van der Waals surface area (Å²) in [5, 5.41) is 11.8. The number of nitrogens with one attached hydrogen (secondary N) is 1. The lowest BCUT2D eigenvalue weighted by molar-refractivity contribution is 0.206. The average Bonchev–Trinajstić information content (AvgIpc) is 2.88. The number of hydrogen-bond acceptors (Lipinski definition) is 8. The number of likely N-dealkylation sites (N-methyl/N-ethyl adjacent to an activating group) is 1. The van der Waals surface area contributed by atoms with Crippen LogP contribution in [0.5, 0.6) is 0 Å². The second-order valence-electron chi connectivity index (χ2n) is 8.89. The topological polar surface area (TPSA) is 127 Å². The summed E-state index contributed by atoms with van der Waals surface area (Å²) in [4.78, 5) is 32.1. The Bertz CT molecular complexity index is 1280. The molecule has 0 unspecified atom stereocenters. The number of fused-ring (bicyclic) bond motifs is 1. The molecular formula is C25H27N9O. The van der Waals surface area contributed by atoms with Gasteiger partial charge in [0.05, 0.1) is 17.6 Å². The number of pyridine rings is 1. The number of nitriles is 1. The van der Waals surface area contributed by atoms with Gasteiger partial charge in [-0.05, 0) is 42.8 Å². The minimum absolute atomic E-state index is 0.198. The highest BCUT2D eigenvalue weighted by Gasteiger charge is 2.22. The third kappa shape index (κ3) is 5.00. The molecule has 3 aromatic rings. The molecule has 2 aromatic heterocycles. The van der Waals surface area contributed by atoms with Crippen LogP contribution < -0.4 is 16.0 Å². The minimum Gasteiger partial charge on any atom is -0.368 e. The van der Waals surface area contributed by atoms with E-state index in [1.807, 2.05) is 12.1 Å². The van der Waals surface area contributed by atoms with Crippen LogP contribution in [0.4, 0.5) is 22.2 Å². The molecule has 4 heterocycles. The maximum atomic E-state index is 12.9. The van der Waals surface area contributed by atoms with E-state index in [4.69, 9.17) is 11.0 Å². The van der Waals surface area contributed by atoms with Gasteiger partial charge in [-0.15, -0.1) is 0 Å². The molecule has 2 aliphatic heterocycles. The number of nitrogens with zero attached hydrogens (tertiary/aromatic N) is 7. The van der Waals surface area contributed by atoms with Crippen LogP contribution in [0.25, 0.3) is 11.3 Å². The lowest BCUT2D eigenvalue weighted by atomic mass is 9.96. The first-order valence-corrected chi connectivity index (χ1v) is 11.6. The Morgan fingerprint density at radius 1 is 1.06 bits per heavy atom. The SMILES string of the molecule is CN1CCN(c2cc(-c3ccc4c(c3)CN(C(=O)Nc3ccc(C#N)nc3)CC4)nc(N)n2)CC1. The van der Waals surface area contributed by atoms with Crippen molar-refractivity contribution in [1.29, 1.82) is 5.26 Å². The number of urea groups is 1. The van der Waals surface area contributed by atoms with Crippen molar-refractivity contribution in [2.75, 3.05) is 55.7 Å². The normalized spacial score (nSPS) is 15.9. The molecule has 0 radical (unpaired) electrons. The van der Waals surface area contributed by atoms with Gasteiger partial charge < -0.3 is 25.8 Å². The highest BCUT2D eigenvalue weighted by Crippen LogP contribution is 2.28. The number of hydrogen-bond donors (Lipinski definition) is 2. The van der Waals surface area contributed by atoms with Crippen LogP contribution in [0, 0.1) is 11.3 Å². The van der Waals surface area contributed by atoms with Gasteiger partial charge in [0.2, 0.25) is 5.95 Å². The van der Waals surface area contributed by atoms with Gasteiger partial charge in [-0.2, -0.15) is 10.2 Å². The van der Waals surface area contributed by atoms with Crippen molar-refractivity contribution in [3.63, 3.8) is 0 Å². The standard InChI is InChI=1S/C25H27N9O/c1-32-8-10-33(11-9-32)23-13-22(30-24(27)31-23)18-3-2-17-6-7-34(16-19(17)12-18)25(35)29-21-5-4-20(14-26)28-15-21/h2-5,12-13,15H,6-11,16H2,1H3,(H,29,35)(H2,27,30,31). The Labute approximate surface area is 204 Å². The third-order valence-electron chi connectivity index (χ3n) is 6.49. The average molecular weight is 470 g/mol. The molecule has 1 fully saturated rings. The summed E-state index contributed by atoms with van der Waals surface area (Å²) in [6.45, 7) is 4.87. The van der Waals surface area contributed by atoms with Crippen molar-refractivity contribution >= 4 is 23.5 Å². The molecule has 35 heavy (non-hydrogen) atoms. The number of piperazine rings is 1. The smallest absolute Gasteiger partial charge is 0.322 e. The monoisotopic (exact) mass is 469 g/mol. The number of benzene rings is 1. The number of amides is 2. The molecule has 0 atom stereocenters. The molecule has 2 amide bonds. The lowest BCUT2D eigenvalue weighted by Gasteiger charge is -2.33. The predicted octanol–water partition coefficient (Wildman–Crippen LogP) is 2.33. The summed E-state index contributed by atoms with van der Waals surface area (Å²) in [5.74, 6) is 1.10. The first-order valence-electron chi connectivity index (χ1n) is 11.6. The Kier molecular flexibility index (Phi) is 6.16. The molecule has 0 aliphatic carbocycles. The summed E-state index contributed by atoms with van der Waals surface area (Å²) in [6, 6.07) is 13.3. The van der Waals surface area contributed by atoms with Gasteiger partial charge in [0, 0.05) is 50.9 Å². The van der Waals surface area contributed by atoms with E-state index in [9.17, 15) is 4.79 Å². The molecular weight excluding hydrogens is 442 g/mol. The fourth-order valence-electron chi connectivity index (χ4n) is 4.42. The van der Waals surface area contributed by atoms with Crippen molar-refractivity contribution in [3.8, 4) is 17.3 Å². The van der Waals surface area contributed by atoms with Crippen molar-refractivity contribution in [2.45, 2.75) is 13.0 Å². The fourth-order valence-corrected chi connectivity index (χ4v) is 4.42. The Morgan fingerprint density at radius 2 is 1.89 bits per heavy atom. The Morgan fingerprint density at radius 3 is 2.63 bits per heavy atom. The summed E-state index contributed by atoms with van der Waals surface area (Å²) in [7, 11) is 2.12. The zero-order chi connectivity index (χ0) is 24.4. The van der Waals surface area contributed by atoms with Crippen LogP contribution in [0.2, 0.25) is 0 Å². The molecule has 0 saturated carbocycles. The summed E-state index contributed by atoms with van der Waals surface area (Å²) in [6.07, 6.45) is 2.26. The van der Waals surface area contributed by atoms with Gasteiger partial charge in [-0.25, -0.2) is 14.8 Å². The maximum absolute atomic E-state index is 12.9. The number of anilines is 3. The first-order chi connectivity index (χ1) is 17.0. The van der Waals surface area contributed by atoms with Crippen molar-refractivity contribution in [3.05, 3.63) is 59.4 Å². The van der Waals surface area contributed by atoms with Crippen LogP contribution in [-0.4, -0.2) is 70.6 Å². The largest absolute Gasteiger partial charge is 0.368 e. The number of nitrogens with two attached hydrogens (primary N) is 1. The number of carbonyl (C=O) groups excluding carboxylic acids is 1. The van der Waals surface area contributed by atoms with E-state index in [2.05, 4.69) is 55.3 Å². The Hall–Kier alpha value is -4.23. The highest BCUT2D eigenvalue weighted by atomic mass is 16.2. The van der Waals surface area contributed by atoms with Crippen LogP contribution in [0.15, 0.2) is 42.6 Å². The van der Waals surface area contributed by atoms with Gasteiger partial charge in [0.15, 0.2) is 0 Å².